The molecule has 6 nitrogen and oxygen atoms in total. The topological polar surface area (TPSA) is 78.9 Å². The predicted molar refractivity (Wildman–Crippen MR) is 358 cm³/mol. The summed E-state index contributed by atoms with van der Waals surface area (Å²) in [6.45, 7) is 6.61. The summed E-state index contributed by atoms with van der Waals surface area (Å²) in [7, 11) is 0. The molecule has 0 aromatic rings. The number of hydrogen-bond acceptors (Lipinski definition) is 6. The maximum atomic E-state index is 12.9. The number of hydrogen-bond donors (Lipinski definition) is 0. The summed E-state index contributed by atoms with van der Waals surface area (Å²) in [5.41, 5.74) is 0. The molecule has 1 atom stereocenters. The van der Waals surface area contributed by atoms with Gasteiger partial charge in [0.2, 0.25) is 0 Å². The van der Waals surface area contributed by atoms with Gasteiger partial charge in [0.15, 0.2) is 6.10 Å². The van der Waals surface area contributed by atoms with Crippen LogP contribution in [0.5, 0.6) is 0 Å². The number of unbranched alkanes of at least 4 members (excludes halogenated alkanes) is 40. The van der Waals surface area contributed by atoms with E-state index in [1.165, 1.54) is 212 Å². The molecule has 0 aliphatic heterocycles. The second kappa shape index (κ2) is 70.1. The molecule has 0 fully saturated rings. The van der Waals surface area contributed by atoms with Crippen LogP contribution in [-0.2, 0) is 28.6 Å². The third-order valence-electron chi connectivity index (χ3n) is 15.6. The van der Waals surface area contributed by atoms with Gasteiger partial charge in [-0.15, -0.1) is 0 Å². The molecule has 0 radical (unpaired) electrons. The first-order valence-corrected chi connectivity index (χ1v) is 35.6. The number of carbonyl (C=O) groups is 3. The summed E-state index contributed by atoms with van der Waals surface area (Å²) in [6.07, 6.45) is 93.2. The number of esters is 3. The van der Waals surface area contributed by atoms with E-state index in [1.54, 1.807) is 0 Å². The summed E-state index contributed by atoms with van der Waals surface area (Å²) < 4.78 is 17.0. The molecule has 474 valence electrons. The maximum Gasteiger partial charge on any atom is 0.306 e. The van der Waals surface area contributed by atoms with Crippen molar-refractivity contribution in [2.45, 2.75) is 367 Å². The van der Waals surface area contributed by atoms with Gasteiger partial charge in [0.1, 0.15) is 13.2 Å². The van der Waals surface area contributed by atoms with Crippen LogP contribution in [0, 0.1) is 0 Å². The van der Waals surface area contributed by atoms with Crippen molar-refractivity contribution < 1.29 is 28.6 Å². The maximum absolute atomic E-state index is 12.9. The molecule has 0 heterocycles. The second-order valence-corrected chi connectivity index (χ2v) is 23.8. The lowest BCUT2D eigenvalue weighted by molar-refractivity contribution is -0.167. The molecule has 1 unspecified atom stereocenters. The Balaban J connectivity index is 4.29. The van der Waals surface area contributed by atoms with Crippen molar-refractivity contribution >= 4 is 17.9 Å². The highest BCUT2D eigenvalue weighted by molar-refractivity contribution is 5.71. The minimum Gasteiger partial charge on any atom is -0.462 e. The zero-order valence-corrected chi connectivity index (χ0v) is 54.5. The molecule has 82 heavy (non-hydrogen) atoms. The quantitative estimate of drug-likeness (QED) is 0.0261. The van der Waals surface area contributed by atoms with Gasteiger partial charge in [0.05, 0.1) is 0 Å². The van der Waals surface area contributed by atoms with Crippen LogP contribution in [0.4, 0.5) is 0 Å². The monoisotopic (exact) mass is 1140 g/mol. The molecule has 0 aliphatic carbocycles. The summed E-state index contributed by atoms with van der Waals surface area (Å²) in [4.78, 5) is 38.4. The van der Waals surface area contributed by atoms with Crippen LogP contribution in [0.2, 0.25) is 0 Å². The zero-order chi connectivity index (χ0) is 59.2. The number of allylic oxidation sites excluding steroid dienone is 14. The standard InChI is InChI=1S/C76H134O6/c1-4-7-10-13-16-19-22-25-28-31-33-34-35-36-37-38-39-40-41-42-44-45-48-51-54-57-60-63-66-69-75(78)81-72-73(71-80-74(77)68-65-62-59-56-53-50-47-30-27-24-21-18-15-12-9-6-3)82-76(79)70-67-64-61-58-55-52-49-46-43-32-29-26-23-20-17-14-11-8-5-2/h17,20-22,24-26,29-31,33,43,46-47,73H,4-16,18-19,23,27-28,32,34-42,44-45,48-72H2,1-3H3/b20-17-,24-21-,25-22-,29-26-,33-31-,46-43-,47-30-. The number of ether oxygens (including phenoxy) is 3. The third-order valence-corrected chi connectivity index (χ3v) is 15.6. The van der Waals surface area contributed by atoms with E-state index < -0.39 is 6.10 Å². The fraction of sp³-hybridized carbons (Fsp3) is 0.776. The molecule has 0 spiro atoms. The fourth-order valence-electron chi connectivity index (χ4n) is 10.2. The Morgan fingerprint density at radius 1 is 0.244 bits per heavy atom. The largest absolute Gasteiger partial charge is 0.462 e. The first kappa shape index (κ1) is 78.6. The van der Waals surface area contributed by atoms with Crippen LogP contribution < -0.4 is 0 Å². The van der Waals surface area contributed by atoms with E-state index in [1.807, 2.05) is 0 Å². The fourth-order valence-corrected chi connectivity index (χ4v) is 10.2. The van der Waals surface area contributed by atoms with E-state index in [-0.39, 0.29) is 31.1 Å². The minimum atomic E-state index is -0.791. The Morgan fingerprint density at radius 3 is 0.720 bits per heavy atom. The predicted octanol–water partition coefficient (Wildman–Crippen LogP) is 24.6. The van der Waals surface area contributed by atoms with Crippen molar-refractivity contribution in [2.75, 3.05) is 13.2 Å². The van der Waals surface area contributed by atoms with Crippen LogP contribution in [0.3, 0.4) is 0 Å². The Bertz CT molecular complexity index is 1550. The first-order chi connectivity index (χ1) is 40.5. The van der Waals surface area contributed by atoms with Gasteiger partial charge < -0.3 is 14.2 Å². The molecule has 0 saturated heterocycles. The average molecular weight is 1140 g/mol. The molecule has 0 N–H and O–H groups in total. The third kappa shape index (κ3) is 67.4. The van der Waals surface area contributed by atoms with E-state index in [0.29, 0.717) is 19.3 Å². The lowest BCUT2D eigenvalue weighted by atomic mass is 10.0. The van der Waals surface area contributed by atoms with Crippen molar-refractivity contribution in [3.63, 3.8) is 0 Å². The van der Waals surface area contributed by atoms with Gasteiger partial charge in [0, 0.05) is 19.3 Å². The van der Waals surface area contributed by atoms with Gasteiger partial charge in [-0.25, -0.2) is 0 Å². The van der Waals surface area contributed by atoms with Gasteiger partial charge in [-0.05, 0) is 122 Å². The van der Waals surface area contributed by atoms with Crippen molar-refractivity contribution in [1.29, 1.82) is 0 Å². The van der Waals surface area contributed by atoms with Crippen LogP contribution in [0.1, 0.15) is 361 Å². The van der Waals surface area contributed by atoms with E-state index in [2.05, 4.69) is 106 Å². The normalized spacial score (nSPS) is 12.6. The van der Waals surface area contributed by atoms with Crippen LogP contribution in [-0.4, -0.2) is 37.2 Å². The van der Waals surface area contributed by atoms with Crippen molar-refractivity contribution in [2.24, 2.45) is 0 Å². The highest BCUT2D eigenvalue weighted by atomic mass is 16.6. The second-order valence-electron chi connectivity index (χ2n) is 23.8. The van der Waals surface area contributed by atoms with Crippen LogP contribution >= 0.6 is 0 Å². The molecule has 0 amide bonds. The van der Waals surface area contributed by atoms with Gasteiger partial charge in [-0.1, -0.05) is 305 Å². The molecule has 6 heteroatoms. The average Bonchev–Trinajstić information content (AvgIpc) is 3.47. The Kier molecular flexibility index (Phi) is 67.2. The van der Waals surface area contributed by atoms with E-state index in [4.69, 9.17) is 14.2 Å². The Labute approximate surface area is 509 Å². The summed E-state index contributed by atoms with van der Waals surface area (Å²) in [6, 6.07) is 0. The Morgan fingerprint density at radius 2 is 0.439 bits per heavy atom. The van der Waals surface area contributed by atoms with Crippen LogP contribution in [0.15, 0.2) is 85.1 Å². The van der Waals surface area contributed by atoms with Gasteiger partial charge in [-0.3, -0.25) is 14.4 Å². The molecular weight excluding hydrogens is 1010 g/mol. The highest BCUT2D eigenvalue weighted by Crippen LogP contribution is 2.17. The summed E-state index contributed by atoms with van der Waals surface area (Å²) in [5, 5.41) is 0. The number of rotatable bonds is 65. The van der Waals surface area contributed by atoms with Crippen molar-refractivity contribution in [3.8, 4) is 0 Å². The van der Waals surface area contributed by atoms with Gasteiger partial charge in [0.25, 0.3) is 0 Å². The van der Waals surface area contributed by atoms with E-state index in [0.717, 1.165) is 109 Å². The smallest absolute Gasteiger partial charge is 0.306 e. The molecule has 0 aliphatic rings. The van der Waals surface area contributed by atoms with Crippen molar-refractivity contribution in [1.82, 2.24) is 0 Å². The molecule has 0 saturated carbocycles. The van der Waals surface area contributed by atoms with Gasteiger partial charge >= 0.3 is 17.9 Å². The van der Waals surface area contributed by atoms with Crippen LogP contribution in [0.25, 0.3) is 0 Å². The first-order valence-electron chi connectivity index (χ1n) is 35.6. The lowest BCUT2D eigenvalue weighted by Gasteiger charge is -2.18. The molecule has 0 aromatic heterocycles. The SMILES string of the molecule is CCCCC/C=C\C/C=C\C/C=C\CCCCCCCCC(=O)OC(COC(=O)CCCCCCC/C=C\C/C=C\CCCCCC)COC(=O)CCCCCCCCCCCCCCCCCCC/C=C\C/C=C\CCCCCCC. The highest BCUT2D eigenvalue weighted by Gasteiger charge is 2.19. The number of carbonyl (C=O) groups excluding carboxylic acids is 3. The molecule has 0 bridgehead atoms. The summed E-state index contributed by atoms with van der Waals surface area (Å²) in [5.74, 6) is -0.894. The van der Waals surface area contributed by atoms with E-state index in [9.17, 15) is 14.4 Å². The zero-order valence-electron chi connectivity index (χ0n) is 54.5. The minimum absolute atomic E-state index is 0.0841. The molecule has 0 rings (SSSR count). The molecular formula is C76H134O6. The summed E-state index contributed by atoms with van der Waals surface area (Å²) >= 11 is 0. The van der Waals surface area contributed by atoms with Gasteiger partial charge in [-0.2, -0.15) is 0 Å². The van der Waals surface area contributed by atoms with E-state index >= 15 is 0 Å². The Hall–Kier alpha value is -3.41. The lowest BCUT2D eigenvalue weighted by Crippen LogP contribution is -2.30. The van der Waals surface area contributed by atoms with Crippen molar-refractivity contribution in [3.05, 3.63) is 85.1 Å². The molecule has 0 aromatic carbocycles.